The van der Waals surface area contributed by atoms with Crippen LogP contribution in [0.1, 0.15) is 5.56 Å². The number of rotatable bonds is 2. The number of allylic oxidation sites excluding steroid dienone is 1. The molecule has 0 aliphatic heterocycles. The van der Waals surface area contributed by atoms with Crippen LogP contribution in [-0.2, 0) is 0 Å². The number of hydrogen-bond acceptors (Lipinski definition) is 2. The van der Waals surface area contributed by atoms with Gasteiger partial charge in [0.1, 0.15) is 6.07 Å². The van der Waals surface area contributed by atoms with E-state index in [2.05, 4.69) is 6.07 Å². The van der Waals surface area contributed by atoms with Gasteiger partial charge in [-0.3, -0.25) is 0 Å². The first-order valence-electron chi connectivity index (χ1n) is 4.18. The molecule has 1 aromatic carbocycles. The van der Waals surface area contributed by atoms with Crippen molar-refractivity contribution in [3.8, 4) is 6.07 Å². The Labute approximate surface area is 89.0 Å². The van der Waals surface area contributed by atoms with E-state index in [9.17, 15) is 0 Å². The summed E-state index contributed by atoms with van der Waals surface area (Å²) in [6.45, 7) is 0. The van der Waals surface area contributed by atoms with Gasteiger partial charge in [-0.2, -0.15) is 5.26 Å². The molecule has 0 amide bonds. The molecule has 0 bridgehead atoms. The Morgan fingerprint density at radius 2 is 1.93 bits per heavy atom. The molecule has 0 aromatic heterocycles. The zero-order valence-corrected chi connectivity index (χ0v) is 8.92. The Morgan fingerprint density at radius 1 is 1.36 bits per heavy atom. The molecule has 1 aromatic rings. The van der Waals surface area contributed by atoms with Crippen molar-refractivity contribution in [2.24, 2.45) is 0 Å². The molecule has 14 heavy (non-hydrogen) atoms. The predicted molar refractivity (Wildman–Crippen MR) is 58.7 cm³/mol. The Bertz CT molecular complexity index is 371. The minimum Gasteiger partial charge on any atom is -0.382 e. The Hall–Kier alpha value is -1.46. The first-order valence-corrected chi connectivity index (χ1v) is 4.55. The van der Waals surface area contributed by atoms with Crippen LogP contribution in [0.2, 0.25) is 5.02 Å². The van der Waals surface area contributed by atoms with Crippen molar-refractivity contribution in [1.82, 2.24) is 4.90 Å². The van der Waals surface area contributed by atoms with E-state index in [1.807, 2.05) is 31.1 Å². The highest BCUT2D eigenvalue weighted by Crippen LogP contribution is 2.16. The summed E-state index contributed by atoms with van der Waals surface area (Å²) in [7, 11) is 3.76. The van der Waals surface area contributed by atoms with E-state index in [4.69, 9.17) is 16.9 Å². The van der Waals surface area contributed by atoms with Crippen LogP contribution in [-0.4, -0.2) is 19.0 Å². The van der Waals surface area contributed by atoms with Gasteiger partial charge in [-0.15, -0.1) is 0 Å². The fourth-order valence-electron chi connectivity index (χ4n) is 1.06. The van der Waals surface area contributed by atoms with Crippen LogP contribution >= 0.6 is 11.6 Å². The minimum absolute atomic E-state index is 0.631. The summed E-state index contributed by atoms with van der Waals surface area (Å²) in [5.74, 6) is 0. The van der Waals surface area contributed by atoms with Crippen molar-refractivity contribution in [2.45, 2.75) is 0 Å². The summed E-state index contributed by atoms with van der Waals surface area (Å²) >= 11 is 5.75. The second-order valence-corrected chi connectivity index (χ2v) is 3.56. The molecule has 0 atom stereocenters. The van der Waals surface area contributed by atoms with Crippen LogP contribution < -0.4 is 0 Å². The third kappa shape index (κ3) is 2.79. The van der Waals surface area contributed by atoms with Gasteiger partial charge in [0.15, 0.2) is 0 Å². The molecule has 0 radical (unpaired) electrons. The number of nitrogens with zero attached hydrogens (tertiary/aromatic N) is 2. The van der Waals surface area contributed by atoms with Gasteiger partial charge in [-0.25, -0.2) is 0 Å². The topological polar surface area (TPSA) is 27.0 Å². The molecule has 3 heteroatoms. The first kappa shape index (κ1) is 10.6. The second kappa shape index (κ2) is 4.69. The van der Waals surface area contributed by atoms with Crippen molar-refractivity contribution in [3.63, 3.8) is 0 Å². The summed E-state index contributed by atoms with van der Waals surface area (Å²) in [4.78, 5) is 1.84. The lowest BCUT2D eigenvalue weighted by molar-refractivity contribution is 0.566. The molecular formula is C11H11ClN2. The van der Waals surface area contributed by atoms with E-state index in [0.29, 0.717) is 10.6 Å². The largest absolute Gasteiger partial charge is 0.382 e. The normalized spacial score (nSPS) is 10.9. The van der Waals surface area contributed by atoms with Gasteiger partial charge in [-0.1, -0.05) is 23.7 Å². The average Bonchev–Trinajstić information content (AvgIpc) is 2.15. The maximum Gasteiger partial charge on any atom is 0.101 e. The predicted octanol–water partition coefficient (Wildman–Crippen LogP) is 2.77. The van der Waals surface area contributed by atoms with E-state index in [0.717, 1.165) is 5.56 Å². The standard InChI is InChI=1S/C11H11ClN2/c1-14(2)8-10(7-13)9-3-5-11(12)6-4-9/h3-6,8H,1-2H3/b10-8+. The monoisotopic (exact) mass is 206 g/mol. The van der Waals surface area contributed by atoms with Gasteiger partial charge < -0.3 is 4.90 Å². The summed E-state index contributed by atoms with van der Waals surface area (Å²) in [5.41, 5.74) is 1.51. The van der Waals surface area contributed by atoms with Crippen LogP contribution in [0.25, 0.3) is 5.57 Å². The number of halogens is 1. The maximum atomic E-state index is 8.92. The highest BCUT2D eigenvalue weighted by molar-refractivity contribution is 6.30. The number of benzene rings is 1. The second-order valence-electron chi connectivity index (χ2n) is 3.13. The van der Waals surface area contributed by atoms with E-state index in [1.54, 1.807) is 18.3 Å². The molecular weight excluding hydrogens is 196 g/mol. The van der Waals surface area contributed by atoms with Crippen LogP contribution in [0, 0.1) is 11.3 Å². The minimum atomic E-state index is 0.631. The molecule has 0 spiro atoms. The third-order valence-corrected chi connectivity index (χ3v) is 1.91. The van der Waals surface area contributed by atoms with Crippen LogP contribution in [0.3, 0.4) is 0 Å². The highest BCUT2D eigenvalue weighted by atomic mass is 35.5. The molecule has 72 valence electrons. The fraction of sp³-hybridized carbons (Fsp3) is 0.182. The lowest BCUT2D eigenvalue weighted by atomic mass is 10.1. The summed E-state index contributed by atoms with van der Waals surface area (Å²) in [6, 6.07) is 9.36. The van der Waals surface area contributed by atoms with Crippen molar-refractivity contribution in [2.75, 3.05) is 14.1 Å². The number of hydrogen-bond donors (Lipinski definition) is 0. The Balaban J connectivity index is 3.03. The van der Waals surface area contributed by atoms with Gasteiger partial charge in [0.05, 0.1) is 5.57 Å². The van der Waals surface area contributed by atoms with E-state index in [1.165, 1.54) is 0 Å². The quantitative estimate of drug-likeness (QED) is 0.696. The lowest BCUT2D eigenvalue weighted by Crippen LogP contribution is -2.02. The summed E-state index contributed by atoms with van der Waals surface area (Å²) in [5, 5.41) is 9.60. The van der Waals surface area contributed by atoms with Crippen LogP contribution in [0.5, 0.6) is 0 Å². The van der Waals surface area contributed by atoms with E-state index < -0.39 is 0 Å². The third-order valence-electron chi connectivity index (χ3n) is 1.66. The lowest BCUT2D eigenvalue weighted by Gasteiger charge is -2.06. The molecule has 0 fully saturated rings. The summed E-state index contributed by atoms with van der Waals surface area (Å²) < 4.78 is 0. The van der Waals surface area contributed by atoms with Gasteiger partial charge in [0.25, 0.3) is 0 Å². The fourth-order valence-corrected chi connectivity index (χ4v) is 1.18. The summed E-state index contributed by atoms with van der Waals surface area (Å²) in [6.07, 6.45) is 1.78. The van der Waals surface area contributed by atoms with E-state index >= 15 is 0 Å². The van der Waals surface area contributed by atoms with Crippen molar-refractivity contribution in [3.05, 3.63) is 41.1 Å². The Morgan fingerprint density at radius 3 is 2.36 bits per heavy atom. The molecule has 0 heterocycles. The van der Waals surface area contributed by atoms with Crippen LogP contribution in [0.15, 0.2) is 30.5 Å². The van der Waals surface area contributed by atoms with Gasteiger partial charge in [0, 0.05) is 25.3 Å². The molecule has 0 saturated carbocycles. The zero-order valence-electron chi connectivity index (χ0n) is 8.16. The highest BCUT2D eigenvalue weighted by Gasteiger charge is 2.00. The molecule has 0 saturated heterocycles. The molecule has 2 nitrogen and oxygen atoms in total. The average molecular weight is 207 g/mol. The molecule has 0 aliphatic carbocycles. The van der Waals surface area contributed by atoms with Crippen molar-refractivity contribution >= 4 is 17.2 Å². The van der Waals surface area contributed by atoms with Crippen molar-refractivity contribution in [1.29, 1.82) is 5.26 Å². The molecule has 0 N–H and O–H groups in total. The van der Waals surface area contributed by atoms with Gasteiger partial charge in [0.2, 0.25) is 0 Å². The molecule has 1 rings (SSSR count). The van der Waals surface area contributed by atoms with Crippen molar-refractivity contribution < 1.29 is 0 Å². The SMILES string of the molecule is CN(C)/C=C(\C#N)c1ccc(Cl)cc1. The van der Waals surface area contributed by atoms with Gasteiger partial charge in [-0.05, 0) is 17.7 Å². The van der Waals surface area contributed by atoms with E-state index in [-0.39, 0.29) is 0 Å². The number of nitriles is 1. The van der Waals surface area contributed by atoms with Crippen LogP contribution in [0.4, 0.5) is 0 Å². The molecule has 0 unspecified atom stereocenters. The molecule has 0 aliphatic rings. The smallest absolute Gasteiger partial charge is 0.101 e. The Kier molecular flexibility index (Phi) is 3.55. The first-order chi connectivity index (χ1) is 6.63. The zero-order chi connectivity index (χ0) is 10.6. The van der Waals surface area contributed by atoms with Gasteiger partial charge >= 0.3 is 0 Å². The maximum absolute atomic E-state index is 8.92.